The van der Waals surface area contributed by atoms with Crippen LogP contribution in [0.3, 0.4) is 0 Å². The summed E-state index contributed by atoms with van der Waals surface area (Å²) in [7, 11) is 1.70. The summed E-state index contributed by atoms with van der Waals surface area (Å²) < 4.78 is 10.4. The van der Waals surface area contributed by atoms with Crippen LogP contribution in [0.1, 0.15) is 79.5 Å². The van der Waals surface area contributed by atoms with Gasteiger partial charge in [0.25, 0.3) is 0 Å². The highest BCUT2D eigenvalue weighted by atomic mass is 32.1. The molecule has 52 heavy (non-hydrogen) atoms. The van der Waals surface area contributed by atoms with Gasteiger partial charge in [0.05, 0.1) is 35.6 Å². The number of carbonyl (C=O) groups is 3. The molecule has 0 saturated heterocycles. The molecule has 13 heteroatoms. The second kappa shape index (κ2) is 19.2. The van der Waals surface area contributed by atoms with E-state index in [1.807, 2.05) is 79.9 Å². The first-order valence-electron chi connectivity index (χ1n) is 18.0. The molecular formula is C39H50N6O6S. The minimum Gasteiger partial charge on any atom is -0.441 e. The monoisotopic (exact) mass is 730 g/mol. The van der Waals surface area contributed by atoms with Gasteiger partial charge in [-0.1, -0.05) is 92.5 Å². The molecule has 1 aliphatic carbocycles. The Bertz CT molecular complexity index is 1680. The number of hydrogen-bond donors (Lipinski definition) is 4. The number of amides is 4. The van der Waals surface area contributed by atoms with E-state index in [1.54, 1.807) is 29.4 Å². The normalized spacial score (nSPS) is 15.4. The first-order chi connectivity index (χ1) is 25.1. The molecule has 12 nitrogen and oxygen atoms in total. The average molecular weight is 731 g/mol. The van der Waals surface area contributed by atoms with Gasteiger partial charge in [-0.2, -0.15) is 0 Å². The molecule has 4 aromatic rings. The van der Waals surface area contributed by atoms with Gasteiger partial charge in [0.15, 0.2) is 12.4 Å². The number of carbonyl (C=O) groups excluding carboxylic acids is 3. The van der Waals surface area contributed by atoms with Crippen LogP contribution < -0.4 is 16.0 Å². The lowest BCUT2D eigenvalue weighted by Gasteiger charge is -2.30. The molecule has 0 bridgehead atoms. The molecule has 1 fully saturated rings. The van der Waals surface area contributed by atoms with Crippen molar-refractivity contribution in [2.75, 3.05) is 7.05 Å². The second-order valence-corrected chi connectivity index (χ2v) is 14.8. The summed E-state index contributed by atoms with van der Waals surface area (Å²) >= 11 is 1.65. The molecule has 0 unspecified atom stereocenters. The summed E-state index contributed by atoms with van der Waals surface area (Å²) in [5.41, 5.74) is 2.71. The Balaban J connectivity index is 1.25. The molecule has 1 saturated carbocycles. The third kappa shape index (κ3) is 11.6. The van der Waals surface area contributed by atoms with E-state index >= 15 is 0 Å². The number of urea groups is 1. The maximum absolute atomic E-state index is 13.9. The predicted octanol–water partition coefficient (Wildman–Crippen LogP) is 5.97. The van der Waals surface area contributed by atoms with Crippen molar-refractivity contribution >= 4 is 29.4 Å². The molecule has 2 aromatic carbocycles. The van der Waals surface area contributed by atoms with Gasteiger partial charge in [-0.05, 0) is 49.1 Å². The fraction of sp³-hybridized carbons (Fsp3) is 0.462. The summed E-state index contributed by atoms with van der Waals surface area (Å²) in [5.74, 6) is 0.314. The highest BCUT2D eigenvalue weighted by Crippen LogP contribution is 2.35. The van der Waals surface area contributed by atoms with E-state index < -0.39 is 30.3 Å². The van der Waals surface area contributed by atoms with Gasteiger partial charge < -0.3 is 35.2 Å². The average Bonchev–Trinajstić information content (AvgIpc) is 3.94. The molecule has 4 amide bonds. The molecule has 4 N–H and O–H groups in total. The Morgan fingerprint density at radius 1 is 0.962 bits per heavy atom. The van der Waals surface area contributed by atoms with Crippen LogP contribution in [-0.4, -0.2) is 69.5 Å². The number of aromatic nitrogens is 2. The Labute approximate surface area is 309 Å². The first-order valence-corrected chi connectivity index (χ1v) is 18.9. The van der Waals surface area contributed by atoms with Gasteiger partial charge in [-0.15, -0.1) is 11.3 Å². The Morgan fingerprint density at radius 3 is 2.27 bits per heavy atom. The molecule has 4 atom stereocenters. The molecule has 0 aliphatic heterocycles. The van der Waals surface area contributed by atoms with Crippen molar-refractivity contribution in [3.8, 4) is 0 Å². The molecule has 1 aliphatic rings. The number of ether oxygens (including phenoxy) is 1. The zero-order valence-electron chi connectivity index (χ0n) is 30.1. The quantitative estimate of drug-likeness (QED) is 0.103. The lowest BCUT2D eigenvalue weighted by atomic mass is 9.93. The van der Waals surface area contributed by atoms with Crippen LogP contribution in [0.25, 0.3) is 0 Å². The largest absolute Gasteiger partial charge is 0.441 e. The van der Waals surface area contributed by atoms with Crippen LogP contribution >= 0.6 is 11.3 Å². The number of nitrogens with zero attached hydrogens (tertiary/aromatic N) is 3. The standard InChI is InChI=1S/C39H50N6O6S/c1-26(2)35(44-38(48)45(3)23-31-25-52-37(42-31)29-16-10-11-17-29)36(47)41-30(20-27-12-6-4-7-13-27)22-34(46)33(21-28-14-8-5-9-15-28)43-39(49)50-24-32-18-19-40-51-32/h4-9,12-15,18-19,25-26,29-30,33-35,46H,10-11,16-17,20-24H2,1-3H3,(H,41,47)(H,43,49)(H,44,48)/t30-,33-,34-,35-/m0/s1. The maximum atomic E-state index is 13.9. The lowest BCUT2D eigenvalue weighted by Crippen LogP contribution is -2.55. The molecule has 2 aromatic heterocycles. The van der Waals surface area contributed by atoms with Gasteiger partial charge in [0, 0.05) is 30.5 Å². The summed E-state index contributed by atoms with van der Waals surface area (Å²) in [4.78, 5) is 46.5. The van der Waals surface area contributed by atoms with Gasteiger partial charge >= 0.3 is 12.1 Å². The number of thiazole rings is 1. The molecule has 278 valence electrons. The maximum Gasteiger partial charge on any atom is 0.407 e. The van der Waals surface area contributed by atoms with Crippen LogP contribution in [0.2, 0.25) is 0 Å². The highest BCUT2D eigenvalue weighted by molar-refractivity contribution is 7.09. The van der Waals surface area contributed by atoms with E-state index in [-0.39, 0.29) is 30.9 Å². The number of alkyl carbamates (subject to hydrolysis) is 1. The van der Waals surface area contributed by atoms with Crippen LogP contribution in [0, 0.1) is 5.92 Å². The zero-order valence-corrected chi connectivity index (χ0v) is 30.9. The van der Waals surface area contributed by atoms with Crippen molar-refractivity contribution in [2.45, 2.75) is 102 Å². The van der Waals surface area contributed by atoms with Crippen molar-refractivity contribution in [2.24, 2.45) is 5.92 Å². The Hall–Kier alpha value is -4.75. The lowest BCUT2D eigenvalue weighted by molar-refractivity contribution is -0.124. The van der Waals surface area contributed by atoms with Crippen LogP contribution in [0.4, 0.5) is 9.59 Å². The van der Waals surface area contributed by atoms with Crippen LogP contribution in [0.5, 0.6) is 0 Å². The van der Waals surface area contributed by atoms with E-state index in [0.29, 0.717) is 31.1 Å². The number of nitrogens with one attached hydrogen (secondary N) is 3. The van der Waals surface area contributed by atoms with Crippen molar-refractivity contribution in [1.29, 1.82) is 0 Å². The smallest absolute Gasteiger partial charge is 0.407 e. The van der Waals surface area contributed by atoms with Gasteiger partial charge in [-0.25, -0.2) is 14.6 Å². The molecule has 0 spiro atoms. The topological polar surface area (TPSA) is 159 Å². The summed E-state index contributed by atoms with van der Waals surface area (Å²) in [6, 6.07) is 18.3. The van der Waals surface area contributed by atoms with E-state index in [2.05, 4.69) is 21.1 Å². The highest BCUT2D eigenvalue weighted by Gasteiger charge is 2.31. The molecule has 5 rings (SSSR count). The van der Waals surface area contributed by atoms with Crippen molar-refractivity contribution < 1.29 is 28.8 Å². The second-order valence-electron chi connectivity index (χ2n) is 13.9. The third-order valence-electron chi connectivity index (χ3n) is 9.35. The molecule has 2 heterocycles. The van der Waals surface area contributed by atoms with E-state index in [4.69, 9.17) is 14.2 Å². The van der Waals surface area contributed by atoms with Crippen molar-refractivity contribution in [1.82, 2.24) is 31.0 Å². The zero-order chi connectivity index (χ0) is 36.9. The molecule has 0 radical (unpaired) electrons. The number of rotatable bonds is 17. The molecular weight excluding hydrogens is 681 g/mol. The fourth-order valence-electron chi connectivity index (χ4n) is 6.48. The van der Waals surface area contributed by atoms with Gasteiger partial charge in [0.2, 0.25) is 5.91 Å². The van der Waals surface area contributed by atoms with Gasteiger partial charge in [-0.3, -0.25) is 4.79 Å². The Morgan fingerprint density at radius 2 is 1.63 bits per heavy atom. The van der Waals surface area contributed by atoms with Crippen LogP contribution in [-0.2, 0) is 35.5 Å². The van der Waals surface area contributed by atoms with Crippen molar-refractivity contribution in [3.63, 3.8) is 0 Å². The predicted molar refractivity (Wildman–Crippen MR) is 198 cm³/mol. The SMILES string of the molecule is CC(C)[C@H](NC(=O)N(C)Cc1csc(C2CCCC2)n1)C(=O)N[C@@H](Cc1ccccc1)C[C@H](O)[C@H](Cc1ccccc1)NC(=O)OCc1ccno1. The Kier molecular flexibility index (Phi) is 14.2. The summed E-state index contributed by atoms with van der Waals surface area (Å²) in [6.45, 7) is 3.98. The minimum absolute atomic E-state index is 0.116. The van der Waals surface area contributed by atoms with E-state index in [9.17, 15) is 19.5 Å². The van der Waals surface area contributed by atoms with Crippen molar-refractivity contribution in [3.05, 3.63) is 106 Å². The van der Waals surface area contributed by atoms with E-state index in [0.717, 1.165) is 34.7 Å². The summed E-state index contributed by atoms with van der Waals surface area (Å²) in [6.07, 6.45) is 5.32. The first kappa shape index (κ1) is 38.5. The van der Waals surface area contributed by atoms with Gasteiger partial charge in [0.1, 0.15) is 6.04 Å². The van der Waals surface area contributed by atoms with Crippen LogP contribution in [0.15, 0.2) is 82.8 Å². The number of hydrogen-bond acceptors (Lipinski definition) is 9. The van der Waals surface area contributed by atoms with E-state index in [1.165, 1.54) is 19.0 Å². The number of benzene rings is 2. The third-order valence-corrected chi connectivity index (χ3v) is 10.4. The number of aliphatic hydroxyl groups excluding tert-OH is 1. The number of aliphatic hydroxyl groups is 1. The fourth-order valence-corrected chi connectivity index (χ4v) is 7.47. The minimum atomic E-state index is -1.07. The summed E-state index contributed by atoms with van der Waals surface area (Å²) in [5, 5.41) is 27.3.